The maximum Gasteiger partial charge on any atom is 0.509 e. The number of hydrogen-bond donors (Lipinski definition) is 0. The summed E-state index contributed by atoms with van der Waals surface area (Å²) in [5.74, 6) is 0.304. The van der Waals surface area contributed by atoms with Gasteiger partial charge in [-0.05, 0) is 26.0 Å². The van der Waals surface area contributed by atoms with Crippen LogP contribution >= 0.6 is 0 Å². The Kier molecular flexibility index (Phi) is 3.89. The molecular weight excluding hydrogens is 344 g/mol. The van der Waals surface area contributed by atoms with Crippen molar-refractivity contribution in [1.29, 1.82) is 0 Å². The molecule has 1 unspecified atom stereocenters. The quantitative estimate of drug-likeness (QED) is 0.606. The molecule has 2 fully saturated rings. The Hall–Kier alpha value is -2.58. The van der Waals surface area contributed by atoms with Crippen LogP contribution in [-0.2, 0) is 18.9 Å². The molecule has 2 aromatic rings. The highest BCUT2D eigenvalue weighted by atomic mass is 16.8. The predicted molar refractivity (Wildman–Crippen MR) is 88.0 cm³/mol. The predicted octanol–water partition coefficient (Wildman–Crippen LogP) is 2.23. The minimum absolute atomic E-state index is 0.289. The number of fused-ring (bicyclic) bond motifs is 2. The third-order valence-electron chi connectivity index (χ3n) is 4.57. The SMILES string of the molecule is CO[C@@H]1[C@H]2OC(=O)O[C@@H]2C(Oc2cccc3ccc(=O)oc23)OC1(C)C. The summed E-state index contributed by atoms with van der Waals surface area (Å²) in [6, 6.07) is 8.18. The van der Waals surface area contributed by atoms with Crippen molar-refractivity contribution in [3.63, 3.8) is 0 Å². The van der Waals surface area contributed by atoms with E-state index in [0.717, 1.165) is 0 Å². The molecule has 0 spiro atoms. The number of para-hydroxylation sites is 1. The zero-order valence-corrected chi connectivity index (χ0v) is 14.5. The van der Waals surface area contributed by atoms with Crippen molar-refractivity contribution in [2.75, 3.05) is 7.11 Å². The summed E-state index contributed by atoms with van der Waals surface area (Å²) in [6.45, 7) is 3.62. The molecule has 4 rings (SSSR count). The largest absolute Gasteiger partial charge is 0.509 e. The van der Waals surface area contributed by atoms with Crippen molar-refractivity contribution in [2.24, 2.45) is 0 Å². The first kappa shape index (κ1) is 16.9. The topological polar surface area (TPSA) is 93.4 Å². The monoisotopic (exact) mass is 362 g/mol. The van der Waals surface area contributed by atoms with Gasteiger partial charge in [0.2, 0.25) is 12.4 Å². The number of methoxy groups -OCH3 is 1. The van der Waals surface area contributed by atoms with E-state index in [2.05, 4.69) is 0 Å². The fourth-order valence-corrected chi connectivity index (χ4v) is 3.45. The minimum Gasteiger partial charge on any atom is -0.457 e. The van der Waals surface area contributed by atoms with E-state index >= 15 is 0 Å². The van der Waals surface area contributed by atoms with Crippen LogP contribution in [0.4, 0.5) is 4.79 Å². The Morgan fingerprint density at radius 2 is 1.81 bits per heavy atom. The molecule has 0 radical (unpaired) electrons. The van der Waals surface area contributed by atoms with E-state index in [4.69, 9.17) is 28.1 Å². The van der Waals surface area contributed by atoms with E-state index in [1.54, 1.807) is 24.3 Å². The zero-order valence-electron chi connectivity index (χ0n) is 14.5. The molecule has 0 saturated carbocycles. The highest BCUT2D eigenvalue weighted by Crippen LogP contribution is 2.39. The van der Waals surface area contributed by atoms with Gasteiger partial charge in [0.1, 0.15) is 6.10 Å². The van der Waals surface area contributed by atoms with Gasteiger partial charge in [-0.1, -0.05) is 12.1 Å². The molecule has 8 nitrogen and oxygen atoms in total. The van der Waals surface area contributed by atoms with Crippen LogP contribution in [0.25, 0.3) is 11.0 Å². The van der Waals surface area contributed by atoms with E-state index in [0.29, 0.717) is 11.1 Å². The van der Waals surface area contributed by atoms with Gasteiger partial charge in [0.05, 0.1) is 5.60 Å². The number of benzene rings is 1. The smallest absolute Gasteiger partial charge is 0.457 e. The molecule has 0 bridgehead atoms. The van der Waals surface area contributed by atoms with Crippen LogP contribution in [-0.4, -0.2) is 43.5 Å². The maximum atomic E-state index is 11.7. The van der Waals surface area contributed by atoms with Gasteiger partial charge in [-0.25, -0.2) is 9.59 Å². The van der Waals surface area contributed by atoms with Crippen molar-refractivity contribution in [2.45, 2.75) is 44.1 Å². The van der Waals surface area contributed by atoms with Crippen LogP contribution < -0.4 is 10.4 Å². The van der Waals surface area contributed by atoms with Crippen molar-refractivity contribution in [1.82, 2.24) is 0 Å². The lowest BCUT2D eigenvalue weighted by Crippen LogP contribution is -2.62. The van der Waals surface area contributed by atoms with Crippen molar-refractivity contribution < 1.29 is 32.9 Å². The van der Waals surface area contributed by atoms with Gasteiger partial charge in [0.25, 0.3) is 0 Å². The van der Waals surface area contributed by atoms with Crippen molar-refractivity contribution in [3.05, 3.63) is 40.8 Å². The van der Waals surface area contributed by atoms with Crippen molar-refractivity contribution in [3.8, 4) is 5.75 Å². The molecule has 0 N–H and O–H groups in total. The van der Waals surface area contributed by atoms with Crippen LogP contribution in [0.3, 0.4) is 0 Å². The summed E-state index contributed by atoms with van der Waals surface area (Å²) >= 11 is 0. The number of carbonyl (C=O) groups excluding carboxylic acids is 1. The molecule has 4 atom stereocenters. The Balaban J connectivity index is 1.71. The third-order valence-corrected chi connectivity index (χ3v) is 4.57. The number of carbonyl (C=O) groups is 1. The first-order chi connectivity index (χ1) is 12.4. The molecule has 0 aliphatic carbocycles. The van der Waals surface area contributed by atoms with E-state index in [1.807, 2.05) is 13.8 Å². The minimum atomic E-state index is -0.955. The second kappa shape index (κ2) is 6.00. The van der Waals surface area contributed by atoms with Crippen molar-refractivity contribution >= 4 is 17.1 Å². The van der Waals surface area contributed by atoms with Gasteiger partial charge in [0, 0.05) is 18.6 Å². The van der Waals surface area contributed by atoms with Gasteiger partial charge in [-0.3, -0.25) is 0 Å². The zero-order chi connectivity index (χ0) is 18.5. The van der Waals surface area contributed by atoms with Gasteiger partial charge in [-0.15, -0.1) is 0 Å². The van der Waals surface area contributed by atoms with Crippen LogP contribution in [0.2, 0.25) is 0 Å². The van der Waals surface area contributed by atoms with E-state index in [-0.39, 0.29) is 5.58 Å². The molecule has 138 valence electrons. The lowest BCUT2D eigenvalue weighted by atomic mass is 9.89. The summed E-state index contributed by atoms with van der Waals surface area (Å²) in [5.41, 5.74) is -1.01. The van der Waals surface area contributed by atoms with Gasteiger partial charge >= 0.3 is 11.8 Å². The fraction of sp³-hybridized carbons (Fsp3) is 0.444. The lowest BCUT2D eigenvalue weighted by Gasteiger charge is -2.44. The molecular formula is C18H18O8. The molecule has 8 heteroatoms. The molecule has 26 heavy (non-hydrogen) atoms. The molecule has 3 heterocycles. The van der Waals surface area contributed by atoms with Gasteiger partial charge in [-0.2, -0.15) is 0 Å². The summed E-state index contributed by atoms with van der Waals surface area (Å²) in [4.78, 5) is 23.2. The normalized spacial score (nSPS) is 29.7. The van der Waals surface area contributed by atoms with Gasteiger partial charge < -0.3 is 28.1 Å². The van der Waals surface area contributed by atoms with Crippen LogP contribution in [0.1, 0.15) is 13.8 Å². The van der Waals surface area contributed by atoms with E-state index < -0.39 is 42.0 Å². The van der Waals surface area contributed by atoms with E-state index in [1.165, 1.54) is 13.2 Å². The average molecular weight is 362 g/mol. The Labute approximate surface area is 148 Å². The van der Waals surface area contributed by atoms with Gasteiger partial charge in [0.15, 0.2) is 17.4 Å². The fourth-order valence-electron chi connectivity index (χ4n) is 3.45. The third kappa shape index (κ3) is 2.71. The number of hydrogen-bond acceptors (Lipinski definition) is 8. The standard InChI is InChI=1S/C18H18O8/c1-18(2)15(21-3)13-14(25-17(20)24-13)16(26-18)22-10-6-4-5-9-7-8-11(19)23-12(9)10/h4-8,13-16H,1-3H3/t13-,14-,15+,16?/m0/s1. The van der Waals surface area contributed by atoms with E-state index in [9.17, 15) is 9.59 Å². The average Bonchev–Trinajstić information content (AvgIpc) is 2.96. The molecule has 1 aromatic heterocycles. The van der Waals surface area contributed by atoms with Crippen LogP contribution in [0.15, 0.2) is 39.5 Å². The molecule has 2 aliphatic rings. The Morgan fingerprint density at radius 1 is 1.04 bits per heavy atom. The summed E-state index contributed by atoms with van der Waals surface area (Å²) in [5, 5.41) is 0.697. The lowest BCUT2D eigenvalue weighted by molar-refractivity contribution is -0.282. The molecule has 1 aromatic carbocycles. The highest BCUT2D eigenvalue weighted by molar-refractivity contribution is 5.82. The number of ether oxygens (including phenoxy) is 5. The second-order valence-electron chi connectivity index (χ2n) is 6.71. The van der Waals surface area contributed by atoms with Crippen LogP contribution in [0, 0.1) is 0 Å². The number of rotatable bonds is 3. The summed E-state index contributed by atoms with van der Waals surface area (Å²) in [7, 11) is 1.51. The van der Waals surface area contributed by atoms with Crippen LogP contribution in [0.5, 0.6) is 5.75 Å². The summed E-state index contributed by atoms with van der Waals surface area (Å²) in [6.07, 6.45) is -3.77. The first-order valence-corrected chi connectivity index (χ1v) is 8.16. The highest BCUT2D eigenvalue weighted by Gasteiger charge is 2.58. The molecule has 2 saturated heterocycles. The summed E-state index contributed by atoms with van der Waals surface area (Å²) < 4.78 is 33.1. The second-order valence-corrected chi connectivity index (χ2v) is 6.71. The first-order valence-electron chi connectivity index (χ1n) is 8.16. The molecule has 0 amide bonds. The Morgan fingerprint density at radius 3 is 2.58 bits per heavy atom. The maximum absolute atomic E-state index is 11.7. The Bertz CT molecular complexity index is 901. The molecule has 2 aliphatic heterocycles.